The van der Waals surface area contributed by atoms with Crippen molar-refractivity contribution in [2.45, 2.75) is 76.3 Å². The third-order valence-electron chi connectivity index (χ3n) is 3.24. The van der Waals surface area contributed by atoms with Crippen molar-refractivity contribution in [3.05, 3.63) is 0 Å². The van der Waals surface area contributed by atoms with Gasteiger partial charge in [-0.2, -0.15) is 30.7 Å². The van der Waals surface area contributed by atoms with Gasteiger partial charge in [0.05, 0.1) is 0 Å². The van der Waals surface area contributed by atoms with Gasteiger partial charge in [0, 0.05) is 19.6 Å². The van der Waals surface area contributed by atoms with Crippen LogP contribution in [0.25, 0.3) is 0 Å². The first-order chi connectivity index (χ1) is 10.1. The van der Waals surface area contributed by atoms with E-state index in [9.17, 15) is 30.7 Å². The summed E-state index contributed by atoms with van der Waals surface area (Å²) in [5, 5.41) is 0. The lowest BCUT2D eigenvalue weighted by molar-refractivity contribution is -0.355. The summed E-state index contributed by atoms with van der Waals surface area (Å²) in [6, 6.07) is 0. The molecule has 0 rings (SSSR count). The summed E-state index contributed by atoms with van der Waals surface area (Å²) < 4.78 is 91.6. The highest BCUT2D eigenvalue weighted by molar-refractivity contribution is 4.90. The molecule has 0 saturated heterocycles. The molecule has 0 radical (unpaired) electrons. The van der Waals surface area contributed by atoms with E-state index < -0.39 is 30.9 Å². The van der Waals surface area contributed by atoms with Gasteiger partial charge in [0.2, 0.25) is 0 Å². The molecule has 0 amide bonds. The van der Waals surface area contributed by atoms with Crippen molar-refractivity contribution in [1.82, 2.24) is 0 Å². The Morgan fingerprint density at radius 3 is 1.73 bits per heavy atom. The van der Waals surface area contributed by atoms with Crippen LogP contribution in [0.4, 0.5) is 30.7 Å². The smallest absolute Gasteiger partial charge is 0.381 e. The van der Waals surface area contributed by atoms with E-state index in [2.05, 4.69) is 6.92 Å². The maximum atomic E-state index is 12.9. The molecule has 8 heteroatoms. The SMILES string of the molecule is CCCCCCCCOCCCC(F)(F)C(F)(F)C(F)(F)F. The molecule has 0 aromatic carbocycles. The fourth-order valence-corrected chi connectivity index (χ4v) is 1.85. The van der Waals surface area contributed by atoms with E-state index in [1.165, 1.54) is 0 Å². The Bertz CT molecular complexity index is 289. The Balaban J connectivity index is 3.78. The van der Waals surface area contributed by atoms with Crippen LogP contribution in [0.3, 0.4) is 0 Å². The molecule has 0 aliphatic carbocycles. The summed E-state index contributed by atoms with van der Waals surface area (Å²) in [5.74, 6) is -11.1. The number of alkyl halides is 7. The summed E-state index contributed by atoms with van der Waals surface area (Å²) in [4.78, 5) is 0. The molecular formula is C14H23F7O. The molecule has 0 N–H and O–H groups in total. The monoisotopic (exact) mass is 340 g/mol. The van der Waals surface area contributed by atoms with E-state index in [0.717, 1.165) is 38.5 Å². The molecule has 0 saturated carbocycles. The van der Waals surface area contributed by atoms with Gasteiger partial charge in [-0.05, 0) is 12.8 Å². The summed E-state index contributed by atoms with van der Waals surface area (Å²) in [7, 11) is 0. The minimum absolute atomic E-state index is 0.252. The zero-order chi connectivity index (χ0) is 17.3. The van der Waals surface area contributed by atoms with E-state index in [1.54, 1.807) is 0 Å². The van der Waals surface area contributed by atoms with Crippen LogP contribution in [0.5, 0.6) is 0 Å². The minimum atomic E-state index is -6.25. The number of halogens is 7. The number of hydrogen-bond donors (Lipinski definition) is 0. The van der Waals surface area contributed by atoms with Crippen LogP contribution in [0.2, 0.25) is 0 Å². The standard InChI is InChI=1S/C14H23F7O/c1-2-3-4-5-6-7-10-22-11-8-9-12(15,16)13(17,18)14(19,20)21/h2-11H2,1H3. The second-order valence-corrected chi connectivity index (χ2v) is 5.26. The molecule has 0 fully saturated rings. The highest BCUT2D eigenvalue weighted by Crippen LogP contribution is 2.48. The molecule has 0 heterocycles. The van der Waals surface area contributed by atoms with Gasteiger partial charge >= 0.3 is 18.0 Å². The zero-order valence-corrected chi connectivity index (χ0v) is 12.6. The van der Waals surface area contributed by atoms with E-state index in [0.29, 0.717) is 6.61 Å². The van der Waals surface area contributed by atoms with E-state index in [4.69, 9.17) is 4.74 Å². The van der Waals surface area contributed by atoms with Gasteiger partial charge in [-0.15, -0.1) is 0 Å². The molecule has 1 nitrogen and oxygen atoms in total. The van der Waals surface area contributed by atoms with E-state index in [-0.39, 0.29) is 6.61 Å². The predicted molar refractivity (Wildman–Crippen MR) is 69.4 cm³/mol. The molecule has 134 valence electrons. The van der Waals surface area contributed by atoms with Crippen molar-refractivity contribution in [2.24, 2.45) is 0 Å². The van der Waals surface area contributed by atoms with Gasteiger partial charge in [-0.1, -0.05) is 39.0 Å². The van der Waals surface area contributed by atoms with Crippen LogP contribution in [0, 0.1) is 0 Å². The second kappa shape index (κ2) is 9.57. The highest BCUT2D eigenvalue weighted by atomic mass is 19.4. The van der Waals surface area contributed by atoms with Crippen LogP contribution < -0.4 is 0 Å². The fourth-order valence-electron chi connectivity index (χ4n) is 1.85. The predicted octanol–water partition coefficient (Wildman–Crippen LogP) is 5.98. The van der Waals surface area contributed by atoms with Crippen molar-refractivity contribution in [2.75, 3.05) is 13.2 Å². The molecular weight excluding hydrogens is 317 g/mol. The first kappa shape index (κ1) is 21.5. The minimum Gasteiger partial charge on any atom is -0.381 e. The summed E-state index contributed by atoms with van der Waals surface area (Å²) in [5.41, 5.74) is 0. The van der Waals surface area contributed by atoms with Gasteiger partial charge in [0.1, 0.15) is 0 Å². The van der Waals surface area contributed by atoms with Gasteiger partial charge in [-0.3, -0.25) is 0 Å². The van der Waals surface area contributed by atoms with E-state index >= 15 is 0 Å². The van der Waals surface area contributed by atoms with Gasteiger partial charge in [-0.25, -0.2) is 0 Å². The van der Waals surface area contributed by atoms with Gasteiger partial charge in [0.15, 0.2) is 0 Å². The Labute approximate surface area is 126 Å². The Kier molecular flexibility index (Phi) is 9.34. The average molecular weight is 340 g/mol. The third kappa shape index (κ3) is 7.15. The number of rotatable bonds is 12. The first-order valence-corrected chi connectivity index (χ1v) is 7.46. The van der Waals surface area contributed by atoms with Crippen LogP contribution in [0.1, 0.15) is 58.3 Å². The first-order valence-electron chi connectivity index (χ1n) is 7.46. The second-order valence-electron chi connectivity index (χ2n) is 5.26. The molecule has 0 aromatic heterocycles. The van der Waals surface area contributed by atoms with E-state index in [1.807, 2.05) is 0 Å². The molecule has 0 aromatic rings. The molecule has 0 bridgehead atoms. The molecule has 22 heavy (non-hydrogen) atoms. The lowest BCUT2D eigenvalue weighted by Gasteiger charge is -2.28. The van der Waals surface area contributed by atoms with Crippen LogP contribution >= 0.6 is 0 Å². The normalized spacial score (nSPS) is 13.6. The Hall–Kier alpha value is -0.530. The van der Waals surface area contributed by atoms with Crippen molar-refractivity contribution in [3.63, 3.8) is 0 Å². The quantitative estimate of drug-likeness (QED) is 0.314. The van der Waals surface area contributed by atoms with Crippen LogP contribution in [-0.2, 0) is 4.74 Å². The third-order valence-corrected chi connectivity index (χ3v) is 3.24. The summed E-state index contributed by atoms with van der Waals surface area (Å²) in [6.45, 7) is 2.13. The maximum absolute atomic E-state index is 12.9. The van der Waals surface area contributed by atoms with Crippen molar-refractivity contribution in [3.8, 4) is 0 Å². The molecule has 0 aliphatic heterocycles. The summed E-state index contributed by atoms with van der Waals surface area (Å²) in [6.07, 6.45) is -2.32. The average Bonchev–Trinajstić information content (AvgIpc) is 2.39. The number of ether oxygens (including phenoxy) is 1. The van der Waals surface area contributed by atoms with Crippen molar-refractivity contribution < 1.29 is 35.5 Å². The largest absolute Gasteiger partial charge is 0.459 e. The molecule has 0 unspecified atom stereocenters. The topological polar surface area (TPSA) is 9.23 Å². The highest BCUT2D eigenvalue weighted by Gasteiger charge is 2.72. The van der Waals surface area contributed by atoms with Gasteiger partial charge in [0.25, 0.3) is 0 Å². The molecule has 0 atom stereocenters. The number of unbranched alkanes of at least 4 members (excludes halogenated alkanes) is 5. The van der Waals surface area contributed by atoms with Crippen LogP contribution in [0.15, 0.2) is 0 Å². The maximum Gasteiger partial charge on any atom is 0.459 e. The zero-order valence-electron chi connectivity index (χ0n) is 12.6. The lowest BCUT2D eigenvalue weighted by Crippen LogP contribution is -2.51. The number of hydrogen-bond acceptors (Lipinski definition) is 1. The van der Waals surface area contributed by atoms with Crippen molar-refractivity contribution >= 4 is 0 Å². The van der Waals surface area contributed by atoms with Crippen LogP contribution in [-0.4, -0.2) is 31.2 Å². The van der Waals surface area contributed by atoms with Crippen molar-refractivity contribution in [1.29, 1.82) is 0 Å². The fraction of sp³-hybridized carbons (Fsp3) is 1.00. The summed E-state index contributed by atoms with van der Waals surface area (Å²) >= 11 is 0. The molecule has 0 spiro atoms. The van der Waals surface area contributed by atoms with Gasteiger partial charge < -0.3 is 4.74 Å². The Morgan fingerprint density at radius 2 is 1.18 bits per heavy atom. The Morgan fingerprint density at radius 1 is 0.682 bits per heavy atom. The molecule has 0 aliphatic rings. The lowest BCUT2D eigenvalue weighted by atomic mass is 10.1.